The average Bonchev–Trinajstić information content (AvgIpc) is 3.23. The van der Waals surface area contributed by atoms with Gasteiger partial charge < -0.3 is 20.2 Å². The SMILES string of the molecule is O=C(O)c1ccncc1NC1NN(C2CCOC2)c2ccc(F)cc21. The average molecular weight is 344 g/mol. The van der Waals surface area contributed by atoms with Gasteiger partial charge in [0.2, 0.25) is 0 Å². The van der Waals surface area contributed by atoms with E-state index in [9.17, 15) is 14.3 Å². The lowest BCUT2D eigenvalue weighted by atomic mass is 10.1. The Hall–Kier alpha value is -2.71. The molecule has 2 unspecified atom stereocenters. The number of hydrazine groups is 1. The first kappa shape index (κ1) is 15.8. The maximum atomic E-state index is 13.8. The molecular formula is C17H17FN4O3. The zero-order chi connectivity index (χ0) is 17.4. The number of hydrogen-bond donors (Lipinski definition) is 3. The quantitative estimate of drug-likeness (QED) is 0.783. The topological polar surface area (TPSA) is 86.7 Å². The third-order valence-electron chi connectivity index (χ3n) is 4.45. The Morgan fingerprint density at radius 2 is 2.32 bits per heavy atom. The Morgan fingerprint density at radius 3 is 3.08 bits per heavy atom. The van der Waals surface area contributed by atoms with Crippen molar-refractivity contribution in [2.75, 3.05) is 23.5 Å². The number of fused-ring (bicyclic) bond motifs is 1. The van der Waals surface area contributed by atoms with Crippen molar-refractivity contribution >= 4 is 17.3 Å². The maximum Gasteiger partial charge on any atom is 0.337 e. The molecule has 25 heavy (non-hydrogen) atoms. The summed E-state index contributed by atoms with van der Waals surface area (Å²) in [6.07, 6.45) is 3.27. The van der Waals surface area contributed by atoms with E-state index in [0.717, 1.165) is 12.1 Å². The van der Waals surface area contributed by atoms with E-state index in [1.165, 1.54) is 30.6 Å². The van der Waals surface area contributed by atoms with Crippen LogP contribution < -0.4 is 15.8 Å². The molecule has 0 bridgehead atoms. The summed E-state index contributed by atoms with van der Waals surface area (Å²) in [6.45, 7) is 1.27. The molecule has 1 fully saturated rings. The lowest BCUT2D eigenvalue weighted by Gasteiger charge is -2.27. The smallest absolute Gasteiger partial charge is 0.337 e. The third kappa shape index (κ3) is 2.90. The van der Waals surface area contributed by atoms with E-state index in [1.807, 2.05) is 5.01 Å². The molecule has 0 spiro atoms. The molecule has 1 saturated heterocycles. The van der Waals surface area contributed by atoms with E-state index >= 15 is 0 Å². The van der Waals surface area contributed by atoms with Crippen molar-refractivity contribution < 1.29 is 19.0 Å². The predicted octanol–water partition coefficient (Wildman–Crippen LogP) is 2.14. The van der Waals surface area contributed by atoms with Gasteiger partial charge in [-0.05, 0) is 30.7 Å². The predicted molar refractivity (Wildman–Crippen MR) is 88.8 cm³/mol. The molecule has 3 heterocycles. The van der Waals surface area contributed by atoms with E-state index in [1.54, 1.807) is 6.07 Å². The van der Waals surface area contributed by atoms with Crippen LogP contribution >= 0.6 is 0 Å². The number of nitrogens with zero attached hydrogens (tertiary/aromatic N) is 2. The minimum atomic E-state index is -1.05. The van der Waals surface area contributed by atoms with Crippen molar-refractivity contribution in [2.24, 2.45) is 0 Å². The van der Waals surface area contributed by atoms with Gasteiger partial charge in [-0.1, -0.05) is 0 Å². The number of carboxylic acids is 1. The van der Waals surface area contributed by atoms with Crippen molar-refractivity contribution in [3.05, 3.63) is 53.6 Å². The van der Waals surface area contributed by atoms with Gasteiger partial charge in [-0.25, -0.2) is 14.6 Å². The number of hydrogen-bond acceptors (Lipinski definition) is 6. The van der Waals surface area contributed by atoms with Crippen molar-refractivity contribution in [1.82, 2.24) is 10.4 Å². The Labute approximate surface area is 143 Å². The summed E-state index contributed by atoms with van der Waals surface area (Å²) in [7, 11) is 0. The molecule has 1 aromatic carbocycles. The van der Waals surface area contributed by atoms with Crippen LogP contribution in [0, 0.1) is 5.82 Å². The monoisotopic (exact) mass is 344 g/mol. The summed E-state index contributed by atoms with van der Waals surface area (Å²) >= 11 is 0. The minimum absolute atomic E-state index is 0.109. The van der Waals surface area contributed by atoms with E-state index in [0.29, 0.717) is 24.5 Å². The Bertz CT molecular complexity index is 810. The van der Waals surface area contributed by atoms with Crippen molar-refractivity contribution in [3.8, 4) is 0 Å². The van der Waals surface area contributed by atoms with Gasteiger partial charge in [-0.2, -0.15) is 0 Å². The zero-order valence-corrected chi connectivity index (χ0v) is 13.3. The van der Waals surface area contributed by atoms with Crippen LogP contribution in [0.4, 0.5) is 15.8 Å². The first-order chi connectivity index (χ1) is 12.1. The summed E-state index contributed by atoms with van der Waals surface area (Å²) in [6, 6.07) is 6.16. The third-order valence-corrected chi connectivity index (χ3v) is 4.45. The summed E-state index contributed by atoms with van der Waals surface area (Å²) < 4.78 is 19.2. The highest BCUT2D eigenvalue weighted by molar-refractivity contribution is 5.94. The molecule has 130 valence electrons. The molecule has 7 nitrogen and oxygen atoms in total. The number of aromatic carboxylic acids is 1. The molecule has 0 saturated carbocycles. The van der Waals surface area contributed by atoms with Crippen LogP contribution in [0.25, 0.3) is 0 Å². The van der Waals surface area contributed by atoms with Gasteiger partial charge in [0.05, 0.1) is 35.8 Å². The van der Waals surface area contributed by atoms with Crippen LogP contribution in [0.2, 0.25) is 0 Å². The molecule has 0 amide bonds. The maximum absolute atomic E-state index is 13.8. The summed E-state index contributed by atoms with van der Waals surface area (Å²) in [4.78, 5) is 15.4. The number of ether oxygens (including phenoxy) is 1. The highest BCUT2D eigenvalue weighted by Gasteiger charge is 2.35. The Balaban J connectivity index is 1.67. The Kier molecular flexibility index (Phi) is 3.98. The van der Waals surface area contributed by atoms with Crippen molar-refractivity contribution in [3.63, 3.8) is 0 Å². The number of nitrogens with one attached hydrogen (secondary N) is 2. The molecule has 4 rings (SSSR count). The van der Waals surface area contributed by atoms with Gasteiger partial charge in [0, 0.05) is 18.4 Å². The van der Waals surface area contributed by atoms with Crippen LogP contribution in [-0.2, 0) is 4.74 Å². The fraction of sp³-hybridized carbons (Fsp3) is 0.294. The molecule has 2 atom stereocenters. The largest absolute Gasteiger partial charge is 0.478 e. The number of carbonyl (C=O) groups is 1. The number of halogens is 1. The molecule has 3 N–H and O–H groups in total. The van der Waals surface area contributed by atoms with E-state index < -0.39 is 12.1 Å². The second kappa shape index (κ2) is 6.30. The van der Waals surface area contributed by atoms with Crippen molar-refractivity contribution in [1.29, 1.82) is 0 Å². The molecule has 0 radical (unpaired) electrons. The number of aromatic nitrogens is 1. The normalized spacial score (nSPS) is 22.0. The van der Waals surface area contributed by atoms with Gasteiger partial charge in [0.1, 0.15) is 12.0 Å². The minimum Gasteiger partial charge on any atom is -0.478 e. The van der Waals surface area contributed by atoms with Crippen LogP contribution in [0.15, 0.2) is 36.7 Å². The van der Waals surface area contributed by atoms with Gasteiger partial charge in [-0.15, -0.1) is 0 Å². The first-order valence-electron chi connectivity index (χ1n) is 8.00. The second-order valence-electron chi connectivity index (χ2n) is 6.02. The summed E-state index contributed by atoms with van der Waals surface area (Å²) in [5, 5.41) is 14.4. The second-order valence-corrected chi connectivity index (χ2v) is 6.02. The lowest BCUT2D eigenvalue weighted by Crippen LogP contribution is -2.44. The van der Waals surface area contributed by atoms with Crippen LogP contribution in [0.1, 0.15) is 28.5 Å². The van der Waals surface area contributed by atoms with E-state index in [2.05, 4.69) is 15.7 Å². The molecule has 2 aromatic rings. The first-order valence-corrected chi connectivity index (χ1v) is 8.00. The van der Waals surface area contributed by atoms with Crippen LogP contribution in [0.3, 0.4) is 0 Å². The summed E-state index contributed by atoms with van der Waals surface area (Å²) in [5.74, 6) is -1.40. The zero-order valence-electron chi connectivity index (χ0n) is 13.3. The fourth-order valence-electron chi connectivity index (χ4n) is 3.24. The summed E-state index contributed by atoms with van der Waals surface area (Å²) in [5.41, 5.74) is 5.34. The molecule has 0 aliphatic carbocycles. The fourth-order valence-corrected chi connectivity index (χ4v) is 3.24. The van der Waals surface area contributed by atoms with E-state index in [4.69, 9.17) is 4.74 Å². The molecule has 1 aromatic heterocycles. The number of carboxylic acid groups (broad SMARTS) is 1. The van der Waals surface area contributed by atoms with Crippen LogP contribution in [-0.4, -0.2) is 35.3 Å². The molecule has 2 aliphatic heterocycles. The molecule has 8 heteroatoms. The highest BCUT2D eigenvalue weighted by Crippen LogP contribution is 2.36. The number of pyridine rings is 1. The van der Waals surface area contributed by atoms with E-state index in [-0.39, 0.29) is 17.4 Å². The Morgan fingerprint density at radius 1 is 1.44 bits per heavy atom. The lowest BCUT2D eigenvalue weighted by molar-refractivity contribution is 0.0697. The number of benzene rings is 1. The van der Waals surface area contributed by atoms with Gasteiger partial charge in [-0.3, -0.25) is 4.98 Å². The number of rotatable bonds is 4. The van der Waals surface area contributed by atoms with Gasteiger partial charge in [0.15, 0.2) is 0 Å². The number of anilines is 2. The molecule has 2 aliphatic rings. The van der Waals surface area contributed by atoms with Gasteiger partial charge in [0.25, 0.3) is 0 Å². The highest BCUT2D eigenvalue weighted by atomic mass is 19.1. The van der Waals surface area contributed by atoms with Crippen LogP contribution in [0.5, 0.6) is 0 Å². The van der Waals surface area contributed by atoms with Crippen molar-refractivity contribution in [2.45, 2.75) is 18.6 Å². The molecular weight excluding hydrogens is 327 g/mol. The standard InChI is InChI=1S/C17H17FN4O3/c18-10-1-2-15-13(7-10)16(21-22(15)11-4-6-25-9-11)20-14-8-19-5-3-12(14)17(23)24/h1-3,5,7-8,11,16,20-21H,4,6,9H2,(H,23,24). The van der Waals surface area contributed by atoms with Gasteiger partial charge >= 0.3 is 5.97 Å².